The van der Waals surface area contributed by atoms with Crippen LogP contribution in [0.5, 0.6) is 11.6 Å². The Morgan fingerprint density at radius 3 is 2.73 bits per heavy atom. The van der Waals surface area contributed by atoms with Crippen LogP contribution < -0.4 is 20.5 Å². The van der Waals surface area contributed by atoms with Crippen molar-refractivity contribution in [2.24, 2.45) is 5.73 Å². The first kappa shape index (κ1) is 28.0. The molecule has 0 unspecified atom stereocenters. The number of nitrogens with zero attached hydrogens (tertiary/aromatic N) is 4. The highest BCUT2D eigenvalue weighted by molar-refractivity contribution is 5.78. The zero-order valence-electron chi connectivity index (χ0n) is 21.6. The van der Waals surface area contributed by atoms with Crippen LogP contribution in [0, 0.1) is 0 Å². The summed E-state index contributed by atoms with van der Waals surface area (Å²) in [7, 11) is 1.56. The molecule has 216 valence electrons. The van der Waals surface area contributed by atoms with Crippen molar-refractivity contribution in [1.29, 1.82) is 0 Å². The summed E-state index contributed by atoms with van der Waals surface area (Å²) < 4.78 is 17.9. The number of hydrogen-bond donors (Lipinski definition) is 7. The van der Waals surface area contributed by atoms with Gasteiger partial charge in [0.25, 0.3) is 0 Å². The molecule has 4 heterocycles. The molecule has 2 saturated heterocycles. The molecule has 0 bridgehead atoms. The van der Waals surface area contributed by atoms with Crippen molar-refractivity contribution in [2.45, 2.75) is 55.8 Å². The monoisotopic (exact) mass is 560 g/mol. The van der Waals surface area contributed by atoms with Gasteiger partial charge in [0.2, 0.25) is 12.2 Å². The van der Waals surface area contributed by atoms with Crippen molar-refractivity contribution < 1.29 is 44.5 Å². The van der Waals surface area contributed by atoms with Crippen LogP contribution in [0.1, 0.15) is 12.0 Å². The molecule has 7 atom stereocenters. The zero-order chi connectivity index (χ0) is 28.6. The number of aliphatic carboxylic acids is 1. The summed E-state index contributed by atoms with van der Waals surface area (Å²) in [5.41, 5.74) is 7.85. The van der Waals surface area contributed by atoms with Gasteiger partial charge in [0.1, 0.15) is 35.9 Å². The molecule has 5 rings (SSSR count). The molecule has 8 N–H and O–H groups in total. The first-order valence-corrected chi connectivity index (χ1v) is 12.7. The lowest BCUT2D eigenvalue weighted by Gasteiger charge is -2.38. The van der Waals surface area contributed by atoms with Crippen LogP contribution in [0.25, 0.3) is 5.52 Å². The van der Waals surface area contributed by atoms with Crippen molar-refractivity contribution >= 4 is 23.0 Å². The maximum absolute atomic E-state index is 11.6. The number of piperidine rings is 1. The molecule has 2 aliphatic rings. The summed E-state index contributed by atoms with van der Waals surface area (Å²) in [6.07, 6.45) is -7.72. The molecule has 15 nitrogen and oxygen atoms in total. The van der Waals surface area contributed by atoms with Crippen LogP contribution in [0.4, 0.5) is 11.5 Å². The van der Waals surface area contributed by atoms with E-state index in [-0.39, 0.29) is 11.9 Å². The standard InChI is InChI=1S/C25H32N6O9/c1-38-14-4-2-3-13(8-14)29-23-18-12(9-30-6-5-15(26)16(32)10-30)7-17(31(18)28-11-27-23)39-25-21(35)19(33)20(34)22(40-25)24(36)37/h2-4,7-8,11,15-16,19-22,25,32-35H,5-6,9-10,26H2,1H3,(H,36,37)(H,27,28,29)/t15-,16-,19+,20+,21-,22+,25-/m1/s1. The molecule has 0 amide bonds. The SMILES string of the molecule is COc1cccc(Nc2ncnn3c(O[C@@H]4O[C@H](C(=O)O)[C@@H](O)[C@H](O)[C@H]4O)cc(CN4CC[C@@H](N)[C@H](O)C4)c23)c1. The van der Waals surface area contributed by atoms with E-state index in [0.717, 1.165) is 0 Å². The number of methoxy groups -OCH3 is 1. The van der Waals surface area contributed by atoms with E-state index >= 15 is 0 Å². The molecule has 15 heteroatoms. The molecular weight excluding hydrogens is 528 g/mol. The quantitative estimate of drug-likeness (QED) is 0.169. The van der Waals surface area contributed by atoms with Crippen LogP contribution in [0.3, 0.4) is 0 Å². The Morgan fingerprint density at radius 1 is 1.20 bits per heavy atom. The van der Waals surface area contributed by atoms with Crippen LogP contribution in [0.2, 0.25) is 0 Å². The summed E-state index contributed by atoms with van der Waals surface area (Å²) in [4.78, 5) is 18.0. The van der Waals surface area contributed by atoms with E-state index < -0.39 is 42.8 Å². The number of aromatic nitrogens is 3. The average molecular weight is 561 g/mol. The molecule has 0 spiro atoms. The number of fused-ring (bicyclic) bond motifs is 1. The molecule has 2 aliphatic heterocycles. The number of β-amino-alcohol motifs (C(OH)–C–C–N with tert-alkyl or cyclic N) is 1. The number of carboxylic acid groups (broad SMARTS) is 1. The number of aliphatic hydroxyl groups is 4. The van der Waals surface area contributed by atoms with E-state index in [1.807, 2.05) is 17.0 Å². The fraction of sp³-hybridized carbons (Fsp3) is 0.480. The van der Waals surface area contributed by atoms with E-state index in [0.29, 0.717) is 54.4 Å². The number of nitrogens with two attached hydrogens (primary N) is 1. The predicted octanol–water partition coefficient (Wildman–Crippen LogP) is -1.35. The maximum atomic E-state index is 11.6. The Morgan fingerprint density at radius 2 is 2.00 bits per heavy atom. The highest BCUT2D eigenvalue weighted by Crippen LogP contribution is 2.33. The van der Waals surface area contributed by atoms with Gasteiger partial charge < -0.3 is 50.8 Å². The molecular formula is C25H32N6O9. The summed E-state index contributed by atoms with van der Waals surface area (Å²) in [6.45, 7) is 1.33. The third-order valence-corrected chi connectivity index (χ3v) is 7.10. The topological polar surface area (TPSA) is 217 Å². The molecule has 0 aliphatic carbocycles. The van der Waals surface area contributed by atoms with Gasteiger partial charge in [-0.05, 0) is 18.6 Å². The second-order valence-electron chi connectivity index (χ2n) is 9.84. The maximum Gasteiger partial charge on any atom is 0.335 e. The highest BCUT2D eigenvalue weighted by atomic mass is 16.7. The molecule has 40 heavy (non-hydrogen) atoms. The summed E-state index contributed by atoms with van der Waals surface area (Å²) >= 11 is 0. The minimum absolute atomic E-state index is 0.0622. The lowest BCUT2D eigenvalue weighted by atomic mass is 9.99. The van der Waals surface area contributed by atoms with E-state index in [1.54, 1.807) is 25.3 Å². The lowest BCUT2D eigenvalue weighted by Crippen LogP contribution is -2.61. The van der Waals surface area contributed by atoms with Crippen molar-refractivity contribution in [3.05, 3.63) is 42.2 Å². The number of carbonyl (C=O) groups is 1. The number of rotatable bonds is 8. The van der Waals surface area contributed by atoms with E-state index in [9.17, 15) is 30.3 Å². The third kappa shape index (κ3) is 5.53. The van der Waals surface area contributed by atoms with E-state index in [2.05, 4.69) is 15.4 Å². The number of aliphatic hydroxyl groups excluding tert-OH is 4. The predicted molar refractivity (Wildman–Crippen MR) is 138 cm³/mol. The molecule has 1 aromatic carbocycles. The molecule has 0 saturated carbocycles. The van der Waals surface area contributed by atoms with E-state index in [4.69, 9.17) is 19.9 Å². The largest absolute Gasteiger partial charge is 0.497 e. The normalized spacial score (nSPS) is 29.3. The van der Waals surface area contributed by atoms with Gasteiger partial charge in [-0.25, -0.2) is 9.78 Å². The van der Waals surface area contributed by atoms with Gasteiger partial charge in [-0.1, -0.05) is 6.07 Å². The Bertz CT molecular complexity index is 1360. The minimum atomic E-state index is -1.86. The number of likely N-dealkylation sites (tertiary alicyclic amines) is 1. The molecule has 3 aromatic rings. The number of benzene rings is 1. The Hall–Kier alpha value is -3.57. The summed E-state index contributed by atoms with van der Waals surface area (Å²) in [6, 6.07) is 8.54. The van der Waals surface area contributed by atoms with Crippen LogP contribution in [-0.2, 0) is 16.1 Å². The third-order valence-electron chi connectivity index (χ3n) is 7.10. The van der Waals surface area contributed by atoms with Gasteiger partial charge in [-0.3, -0.25) is 4.90 Å². The fourth-order valence-corrected chi connectivity index (χ4v) is 4.89. The fourth-order valence-electron chi connectivity index (χ4n) is 4.89. The van der Waals surface area contributed by atoms with Gasteiger partial charge in [-0.15, -0.1) is 0 Å². The van der Waals surface area contributed by atoms with E-state index in [1.165, 1.54) is 10.8 Å². The molecule has 2 fully saturated rings. The zero-order valence-corrected chi connectivity index (χ0v) is 21.6. The second kappa shape index (κ2) is 11.5. The average Bonchev–Trinajstić information content (AvgIpc) is 3.28. The smallest absolute Gasteiger partial charge is 0.335 e. The minimum Gasteiger partial charge on any atom is -0.497 e. The van der Waals surface area contributed by atoms with Crippen molar-refractivity contribution in [3.8, 4) is 11.6 Å². The molecule has 2 aromatic heterocycles. The van der Waals surface area contributed by atoms with Gasteiger partial charge in [-0.2, -0.15) is 9.61 Å². The lowest BCUT2D eigenvalue weighted by molar-refractivity contribution is -0.271. The van der Waals surface area contributed by atoms with Crippen LogP contribution >= 0.6 is 0 Å². The van der Waals surface area contributed by atoms with Crippen LogP contribution in [0.15, 0.2) is 36.7 Å². The summed E-state index contributed by atoms with van der Waals surface area (Å²) in [5, 5.41) is 58.0. The number of nitrogens with one attached hydrogen (secondary N) is 1. The van der Waals surface area contributed by atoms with Crippen molar-refractivity contribution in [1.82, 2.24) is 19.5 Å². The highest BCUT2D eigenvalue weighted by Gasteiger charge is 2.48. The first-order chi connectivity index (χ1) is 19.2. The number of anilines is 2. The van der Waals surface area contributed by atoms with Gasteiger partial charge in [0, 0.05) is 49.1 Å². The first-order valence-electron chi connectivity index (χ1n) is 12.7. The number of ether oxygens (including phenoxy) is 3. The Labute approximate surface area is 228 Å². The van der Waals surface area contributed by atoms with Crippen molar-refractivity contribution in [2.75, 3.05) is 25.5 Å². The second-order valence-corrected chi connectivity index (χ2v) is 9.84. The van der Waals surface area contributed by atoms with Gasteiger partial charge in [0.15, 0.2) is 11.9 Å². The Balaban J connectivity index is 1.52. The van der Waals surface area contributed by atoms with Gasteiger partial charge >= 0.3 is 5.97 Å². The summed E-state index contributed by atoms with van der Waals surface area (Å²) in [5.74, 6) is -0.425. The Kier molecular flexibility index (Phi) is 8.04. The van der Waals surface area contributed by atoms with Crippen LogP contribution in [-0.4, -0.2) is 114 Å². The number of carboxylic acids is 1. The van der Waals surface area contributed by atoms with Gasteiger partial charge in [0.05, 0.1) is 13.2 Å². The van der Waals surface area contributed by atoms with Crippen molar-refractivity contribution in [3.63, 3.8) is 0 Å². The number of hydrogen-bond acceptors (Lipinski definition) is 13. The molecule has 0 radical (unpaired) electrons.